The smallest absolute Gasteiger partial charge is 0.412 e. The fourth-order valence-electron chi connectivity index (χ4n) is 4.93. The maximum atomic E-state index is 14.0. The van der Waals surface area contributed by atoms with Crippen LogP contribution in [-0.4, -0.2) is 47.8 Å². The second kappa shape index (κ2) is 11.5. The first kappa shape index (κ1) is 28.0. The van der Waals surface area contributed by atoms with E-state index in [-0.39, 0.29) is 11.4 Å². The van der Waals surface area contributed by atoms with E-state index >= 15 is 0 Å². The predicted molar refractivity (Wildman–Crippen MR) is 147 cm³/mol. The number of rotatable bonds is 8. The second-order valence-corrected chi connectivity index (χ2v) is 9.63. The second-order valence-electron chi connectivity index (χ2n) is 9.63. The summed E-state index contributed by atoms with van der Waals surface area (Å²) in [5.41, 5.74) is 6.40. The zero-order valence-corrected chi connectivity index (χ0v) is 21.8. The van der Waals surface area contributed by atoms with E-state index in [1.54, 1.807) is 24.3 Å². The fourth-order valence-corrected chi connectivity index (χ4v) is 4.93. The molecular weight excluding hydrogens is 542 g/mol. The van der Waals surface area contributed by atoms with Crippen molar-refractivity contribution in [1.82, 2.24) is 9.63 Å². The zero-order valence-electron chi connectivity index (χ0n) is 21.8. The molecule has 0 spiro atoms. The highest BCUT2D eigenvalue weighted by Gasteiger charge is 2.31. The van der Waals surface area contributed by atoms with Crippen LogP contribution in [0.3, 0.4) is 0 Å². The molecule has 4 aromatic rings. The molecule has 3 amide bonds. The number of hydrogen-bond acceptors (Lipinski definition) is 4. The number of likely N-dealkylation sites (tertiary alicyclic amines) is 1. The van der Waals surface area contributed by atoms with Crippen molar-refractivity contribution in [3.63, 3.8) is 0 Å². The van der Waals surface area contributed by atoms with Gasteiger partial charge < -0.3 is 21.2 Å². The maximum absolute atomic E-state index is 14.0. The van der Waals surface area contributed by atoms with Crippen molar-refractivity contribution in [3.8, 4) is 11.1 Å². The Balaban J connectivity index is 1.37. The maximum Gasteiger partial charge on any atom is 0.416 e. The number of nitrogens with zero attached hydrogens (tertiary/aromatic N) is 2. The third-order valence-electron chi connectivity index (χ3n) is 6.87. The fraction of sp³-hybridized carbons (Fsp3) is 0.241. The summed E-state index contributed by atoms with van der Waals surface area (Å²) in [4.78, 5) is 33.4. The van der Waals surface area contributed by atoms with Gasteiger partial charge in [-0.15, -0.1) is 0 Å². The lowest BCUT2D eigenvalue weighted by Crippen LogP contribution is -2.30. The molecule has 1 aromatic heterocycles. The monoisotopic (exact) mass is 569 g/mol. The normalized spacial score (nSPS) is 13.9. The molecule has 1 fully saturated rings. The van der Waals surface area contributed by atoms with Crippen LogP contribution >= 0.6 is 0 Å². The number of carbonyl (C=O) groups excluding carboxylic acids is 2. The van der Waals surface area contributed by atoms with Crippen molar-refractivity contribution >= 4 is 34.2 Å². The van der Waals surface area contributed by atoms with Gasteiger partial charge >= 0.3 is 12.2 Å². The largest absolute Gasteiger partial charge is 0.416 e. The Hall–Kier alpha value is -4.58. The number of aromatic nitrogens is 1. The molecule has 8 nitrogen and oxygen atoms in total. The number of amides is 3. The lowest BCUT2D eigenvalue weighted by atomic mass is 10.0. The van der Waals surface area contributed by atoms with Crippen molar-refractivity contribution in [2.75, 3.05) is 36.9 Å². The quantitative estimate of drug-likeness (QED) is 0.236. The number of halogens is 4. The van der Waals surface area contributed by atoms with E-state index in [1.807, 2.05) is 24.3 Å². The Bertz CT molecular complexity index is 1580. The van der Waals surface area contributed by atoms with Gasteiger partial charge in [-0.3, -0.25) is 9.69 Å². The number of carbonyl (C=O) groups is 2. The first-order valence-corrected chi connectivity index (χ1v) is 13.0. The molecular formula is C29H27F4N5O3. The third-order valence-corrected chi connectivity index (χ3v) is 6.87. The van der Waals surface area contributed by atoms with Crippen molar-refractivity contribution in [2.24, 2.45) is 5.73 Å². The van der Waals surface area contributed by atoms with E-state index in [0.29, 0.717) is 48.0 Å². The third kappa shape index (κ3) is 6.12. The highest BCUT2D eigenvalue weighted by atomic mass is 19.4. The van der Waals surface area contributed by atoms with Gasteiger partial charge in [0, 0.05) is 23.2 Å². The summed E-state index contributed by atoms with van der Waals surface area (Å²) < 4.78 is 54.4. The molecule has 1 aliphatic heterocycles. The standard InChI is InChI=1S/C29H27F4N5O3/c30-22-12-9-19(29(31,32)33)17-23(22)36-28(40)35-20-10-7-18(8-11-20)25-21-5-1-2-6-24(21)38(26(25)27(34)39)41-16-15-37-13-3-4-14-37/h1-2,5-12,17H,3-4,13-16H2,(H2,34,39)(H2,35,36,40). The van der Waals surface area contributed by atoms with E-state index < -0.39 is 35.2 Å². The summed E-state index contributed by atoms with van der Waals surface area (Å²) in [6.07, 6.45) is -2.39. The van der Waals surface area contributed by atoms with E-state index in [9.17, 15) is 27.2 Å². The van der Waals surface area contributed by atoms with Gasteiger partial charge in [0.2, 0.25) is 0 Å². The van der Waals surface area contributed by atoms with Crippen LogP contribution in [0.4, 0.5) is 33.7 Å². The number of nitrogens with two attached hydrogens (primary N) is 1. The molecule has 1 saturated heterocycles. The molecule has 5 rings (SSSR count). The van der Waals surface area contributed by atoms with Gasteiger partial charge in [0.25, 0.3) is 5.91 Å². The average Bonchev–Trinajstić information content (AvgIpc) is 3.56. The number of para-hydroxylation sites is 1. The highest BCUT2D eigenvalue weighted by molar-refractivity contribution is 6.10. The number of fused-ring (bicyclic) bond motifs is 1. The molecule has 41 heavy (non-hydrogen) atoms. The van der Waals surface area contributed by atoms with Gasteiger partial charge in [0.05, 0.1) is 16.8 Å². The van der Waals surface area contributed by atoms with Gasteiger partial charge in [-0.2, -0.15) is 17.9 Å². The Morgan fingerprint density at radius 3 is 2.34 bits per heavy atom. The van der Waals surface area contributed by atoms with Crippen molar-refractivity contribution in [3.05, 3.63) is 83.8 Å². The van der Waals surface area contributed by atoms with Crippen LogP contribution in [-0.2, 0) is 6.18 Å². The minimum Gasteiger partial charge on any atom is -0.412 e. The number of benzene rings is 3. The minimum atomic E-state index is -4.69. The molecule has 0 aliphatic carbocycles. The molecule has 0 bridgehead atoms. The van der Waals surface area contributed by atoms with Crippen molar-refractivity contribution in [1.29, 1.82) is 0 Å². The van der Waals surface area contributed by atoms with Gasteiger partial charge in [0.1, 0.15) is 12.4 Å². The molecule has 3 aromatic carbocycles. The van der Waals surface area contributed by atoms with Crippen LogP contribution in [0, 0.1) is 5.82 Å². The molecule has 0 radical (unpaired) electrons. The molecule has 0 atom stereocenters. The average molecular weight is 570 g/mol. The summed E-state index contributed by atoms with van der Waals surface area (Å²) >= 11 is 0. The zero-order chi connectivity index (χ0) is 29.1. The van der Waals surface area contributed by atoms with E-state index in [2.05, 4.69) is 15.5 Å². The van der Waals surface area contributed by atoms with Crippen LogP contribution in [0.2, 0.25) is 0 Å². The minimum absolute atomic E-state index is 0.172. The van der Waals surface area contributed by atoms with Crippen LogP contribution in [0.5, 0.6) is 0 Å². The van der Waals surface area contributed by atoms with Crippen molar-refractivity contribution in [2.45, 2.75) is 19.0 Å². The topological polar surface area (TPSA) is 102 Å². The number of hydrogen-bond donors (Lipinski definition) is 3. The van der Waals surface area contributed by atoms with Gasteiger partial charge in [0.15, 0.2) is 5.69 Å². The van der Waals surface area contributed by atoms with E-state index in [1.165, 1.54) is 4.73 Å². The molecule has 214 valence electrons. The van der Waals surface area contributed by atoms with Crippen LogP contribution < -0.4 is 21.2 Å². The molecule has 4 N–H and O–H groups in total. The Morgan fingerprint density at radius 2 is 1.66 bits per heavy atom. The molecule has 1 aliphatic rings. The Kier molecular flexibility index (Phi) is 7.84. The van der Waals surface area contributed by atoms with Crippen molar-refractivity contribution < 1.29 is 32.0 Å². The molecule has 0 unspecified atom stereocenters. The van der Waals surface area contributed by atoms with Gasteiger partial charge in [-0.05, 0) is 67.9 Å². The number of anilines is 2. The number of urea groups is 1. The van der Waals surface area contributed by atoms with Crippen LogP contribution in [0.1, 0.15) is 28.9 Å². The molecule has 12 heteroatoms. The number of alkyl halides is 3. The number of primary amides is 1. The first-order chi connectivity index (χ1) is 19.6. The van der Waals surface area contributed by atoms with E-state index in [0.717, 1.165) is 31.3 Å². The van der Waals surface area contributed by atoms with Crippen LogP contribution in [0.15, 0.2) is 66.7 Å². The van der Waals surface area contributed by atoms with Gasteiger partial charge in [-0.1, -0.05) is 30.3 Å². The summed E-state index contributed by atoms with van der Waals surface area (Å²) in [6, 6.07) is 14.5. The Labute approximate surface area is 232 Å². The Morgan fingerprint density at radius 1 is 0.951 bits per heavy atom. The van der Waals surface area contributed by atoms with E-state index in [4.69, 9.17) is 10.6 Å². The van der Waals surface area contributed by atoms with Gasteiger partial charge in [-0.25, -0.2) is 9.18 Å². The highest BCUT2D eigenvalue weighted by Crippen LogP contribution is 2.35. The lowest BCUT2D eigenvalue weighted by Gasteiger charge is -2.16. The summed E-state index contributed by atoms with van der Waals surface area (Å²) in [5, 5.41) is 5.30. The lowest BCUT2D eigenvalue weighted by molar-refractivity contribution is -0.137. The first-order valence-electron chi connectivity index (χ1n) is 13.0. The molecule has 0 saturated carbocycles. The number of nitrogens with one attached hydrogen (secondary N) is 2. The summed E-state index contributed by atoms with van der Waals surface area (Å²) in [6.45, 7) is 3.10. The van der Waals surface area contributed by atoms with Crippen LogP contribution in [0.25, 0.3) is 22.0 Å². The predicted octanol–water partition coefficient (Wildman–Crippen LogP) is 5.73. The summed E-state index contributed by atoms with van der Waals surface area (Å²) in [5.74, 6) is -1.69. The molecule has 2 heterocycles. The summed E-state index contributed by atoms with van der Waals surface area (Å²) in [7, 11) is 0. The SMILES string of the molecule is NC(=O)c1c(-c2ccc(NC(=O)Nc3cc(C(F)(F)F)ccc3F)cc2)c2ccccc2n1OCCN1CCCC1.